The number of carboxylic acid groups (broad SMARTS) is 2. The molecule has 0 bridgehead atoms. The van der Waals surface area contributed by atoms with Gasteiger partial charge in [0, 0.05) is 23.0 Å². The summed E-state index contributed by atoms with van der Waals surface area (Å²) in [6.45, 7) is 4.16. The Hall–Kier alpha value is -3.13. The minimum absolute atomic E-state index is 0.184. The summed E-state index contributed by atoms with van der Waals surface area (Å²) in [7, 11) is 0. The number of carboxylic acids is 2. The van der Waals surface area contributed by atoms with E-state index < -0.39 is 30.3 Å². The molecule has 2 aromatic rings. The highest BCUT2D eigenvalue weighted by molar-refractivity contribution is 6.17. The Balaban J connectivity index is 1.69. The van der Waals surface area contributed by atoms with Crippen LogP contribution in [0.3, 0.4) is 0 Å². The third-order valence-electron chi connectivity index (χ3n) is 7.46. The van der Waals surface area contributed by atoms with E-state index in [1.54, 1.807) is 0 Å². The third kappa shape index (κ3) is 2.97. The molecule has 32 heavy (non-hydrogen) atoms. The standard InChI is InChI=1S/C24H27N3O5/c1-2-24-9-5-10-26-11-8-15-14-6-3-4-7-17(14)27(20(15)21(24)26)18(13-24)22(30)25-16(23(31)32)12-19(28)29/h3-4,6-7,13,16,21H,2,5,8-12H2,1H3,(H,25,30)(H,28,29)(H,31,32)/t16-,21+,24-/m0/s1. The zero-order valence-electron chi connectivity index (χ0n) is 18.0. The van der Waals surface area contributed by atoms with E-state index in [-0.39, 0.29) is 11.5 Å². The van der Waals surface area contributed by atoms with Gasteiger partial charge >= 0.3 is 11.9 Å². The van der Waals surface area contributed by atoms with Gasteiger partial charge in [0.2, 0.25) is 0 Å². The molecule has 1 fully saturated rings. The predicted octanol–water partition coefficient (Wildman–Crippen LogP) is 2.63. The topological polar surface area (TPSA) is 112 Å². The quantitative estimate of drug-likeness (QED) is 0.641. The maximum Gasteiger partial charge on any atom is 0.326 e. The zero-order valence-corrected chi connectivity index (χ0v) is 18.0. The largest absolute Gasteiger partial charge is 0.481 e. The molecule has 3 N–H and O–H groups in total. The number of fused-ring (bicyclic) bond motifs is 3. The number of hydrogen-bond donors (Lipinski definition) is 3. The summed E-state index contributed by atoms with van der Waals surface area (Å²) in [6.07, 6.45) is 5.14. The second kappa shape index (κ2) is 7.48. The van der Waals surface area contributed by atoms with Crippen LogP contribution in [0.2, 0.25) is 0 Å². The number of para-hydroxylation sites is 1. The number of aliphatic carboxylic acids is 2. The van der Waals surface area contributed by atoms with Gasteiger partial charge in [0.1, 0.15) is 11.7 Å². The van der Waals surface area contributed by atoms with Gasteiger partial charge in [-0.3, -0.25) is 14.5 Å². The van der Waals surface area contributed by atoms with Crippen molar-refractivity contribution in [1.29, 1.82) is 0 Å². The van der Waals surface area contributed by atoms with Gasteiger partial charge in [-0.05, 0) is 49.9 Å². The molecule has 8 heteroatoms. The van der Waals surface area contributed by atoms with E-state index >= 15 is 0 Å². The lowest BCUT2D eigenvalue weighted by Gasteiger charge is -2.53. The molecule has 1 aromatic carbocycles. The Morgan fingerprint density at radius 2 is 2.00 bits per heavy atom. The van der Waals surface area contributed by atoms with Crippen LogP contribution in [0.5, 0.6) is 0 Å². The molecule has 0 aliphatic carbocycles. The Labute approximate surface area is 185 Å². The first kappa shape index (κ1) is 20.8. The van der Waals surface area contributed by atoms with Crippen LogP contribution < -0.4 is 5.32 Å². The lowest BCUT2D eigenvalue weighted by Crippen LogP contribution is -2.52. The van der Waals surface area contributed by atoms with E-state index in [1.807, 2.05) is 28.8 Å². The van der Waals surface area contributed by atoms with E-state index in [2.05, 4.69) is 23.2 Å². The van der Waals surface area contributed by atoms with Crippen LogP contribution in [-0.2, 0) is 20.8 Å². The fraction of sp³-hybridized carbons (Fsp3) is 0.458. The molecule has 4 heterocycles. The molecule has 1 aromatic heterocycles. The van der Waals surface area contributed by atoms with E-state index in [0.29, 0.717) is 5.70 Å². The molecule has 5 rings (SSSR count). The van der Waals surface area contributed by atoms with Crippen molar-refractivity contribution in [3.05, 3.63) is 41.6 Å². The van der Waals surface area contributed by atoms with Crippen molar-refractivity contribution in [2.75, 3.05) is 13.1 Å². The van der Waals surface area contributed by atoms with Crippen molar-refractivity contribution in [3.8, 4) is 0 Å². The molecule has 0 spiro atoms. The normalized spacial score (nSPS) is 25.0. The Kier molecular flexibility index (Phi) is 4.85. The van der Waals surface area contributed by atoms with Gasteiger partial charge in [-0.1, -0.05) is 25.1 Å². The number of aromatic nitrogens is 1. The second-order valence-corrected chi connectivity index (χ2v) is 9.09. The zero-order chi connectivity index (χ0) is 22.6. The first-order valence-electron chi connectivity index (χ1n) is 11.2. The average Bonchev–Trinajstić information content (AvgIpc) is 3.12. The first-order chi connectivity index (χ1) is 15.4. The van der Waals surface area contributed by atoms with Crippen molar-refractivity contribution in [2.45, 2.75) is 51.1 Å². The number of nitrogens with one attached hydrogen (secondary N) is 1. The molecule has 1 amide bonds. The molecule has 0 radical (unpaired) electrons. The molecule has 168 valence electrons. The number of amides is 1. The van der Waals surface area contributed by atoms with Crippen molar-refractivity contribution < 1.29 is 24.6 Å². The van der Waals surface area contributed by atoms with E-state index in [9.17, 15) is 19.5 Å². The third-order valence-corrected chi connectivity index (χ3v) is 7.46. The lowest BCUT2D eigenvalue weighted by atomic mass is 9.66. The van der Waals surface area contributed by atoms with Crippen LogP contribution in [-0.4, -0.2) is 56.7 Å². The van der Waals surface area contributed by atoms with Gasteiger partial charge in [0.05, 0.1) is 18.0 Å². The van der Waals surface area contributed by atoms with Gasteiger partial charge in [-0.15, -0.1) is 0 Å². The number of piperidine rings is 1. The fourth-order valence-electron chi connectivity index (χ4n) is 6.05. The summed E-state index contributed by atoms with van der Waals surface area (Å²) in [5.74, 6) is -3.17. The van der Waals surface area contributed by atoms with Gasteiger partial charge < -0.3 is 20.1 Å². The number of carbonyl (C=O) groups is 3. The van der Waals surface area contributed by atoms with Crippen molar-refractivity contribution in [3.63, 3.8) is 0 Å². The number of hydrogen-bond acceptors (Lipinski definition) is 4. The highest BCUT2D eigenvalue weighted by Gasteiger charge is 2.51. The van der Waals surface area contributed by atoms with Crippen molar-refractivity contribution in [1.82, 2.24) is 14.8 Å². The van der Waals surface area contributed by atoms with Crippen LogP contribution in [0, 0.1) is 5.41 Å². The van der Waals surface area contributed by atoms with Crippen LogP contribution in [0.15, 0.2) is 30.3 Å². The van der Waals surface area contributed by atoms with E-state index in [1.165, 1.54) is 5.56 Å². The summed E-state index contributed by atoms with van der Waals surface area (Å²) in [4.78, 5) is 38.7. The van der Waals surface area contributed by atoms with Gasteiger partial charge in [0.15, 0.2) is 0 Å². The number of carbonyl (C=O) groups excluding carboxylic acids is 1. The average molecular weight is 437 g/mol. The summed E-state index contributed by atoms with van der Waals surface area (Å²) in [5.41, 5.74) is 3.52. The molecule has 0 unspecified atom stereocenters. The minimum Gasteiger partial charge on any atom is -0.481 e. The van der Waals surface area contributed by atoms with E-state index in [4.69, 9.17) is 5.11 Å². The van der Waals surface area contributed by atoms with Crippen LogP contribution >= 0.6 is 0 Å². The molecule has 1 saturated heterocycles. The smallest absolute Gasteiger partial charge is 0.326 e. The first-order valence-corrected chi connectivity index (χ1v) is 11.2. The maximum atomic E-state index is 13.5. The Morgan fingerprint density at radius 3 is 2.72 bits per heavy atom. The lowest BCUT2D eigenvalue weighted by molar-refractivity contribution is -0.146. The summed E-state index contributed by atoms with van der Waals surface area (Å²) in [5, 5.41) is 22.1. The highest BCUT2D eigenvalue weighted by Crippen LogP contribution is 2.56. The van der Waals surface area contributed by atoms with Crippen molar-refractivity contribution >= 4 is 34.4 Å². The Bertz CT molecular complexity index is 1170. The van der Waals surface area contributed by atoms with Gasteiger partial charge in [-0.25, -0.2) is 4.79 Å². The summed E-state index contributed by atoms with van der Waals surface area (Å²) in [6, 6.07) is 6.72. The summed E-state index contributed by atoms with van der Waals surface area (Å²) < 4.78 is 2.00. The minimum atomic E-state index is -1.49. The van der Waals surface area contributed by atoms with E-state index in [0.717, 1.165) is 55.4 Å². The molecule has 0 saturated carbocycles. The number of nitrogens with zero attached hydrogens (tertiary/aromatic N) is 2. The molecular weight excluding hydrogens is 410 g/mol. The van der Waals surface area contributed by atoms with Gasteiger partial charge in [0.25, 0.3) is 5.91 Å². The number of benzene rings is 1. The van der Waals surface area contributed by atoms with Crippen molar-refractivity contribution in [2.24, 2.45) is 5.41 Å². The van der Waals surface area contributed by atoms with Crippen LogP contribution in [0.1, 0.15) is 49.9 Å². The predicted molar refractivity (Wildman–Crippen MR) is 118 cm³/mol. The molecule has 3 aliphatic rings. The Morgan fingerprint density at radius 1 is 1.22 bits per heavy atom. The molecular formula is C24H27N3O5. The highest BCUT2D eigenvalue weighted by atomic mass is 16.4. The molecule has 8 nitrogen and oxygen atoms in total. The SMILES string of the molecule is CC[C@@]12C=C(C(=O)N[C@@H](CC(=O)O)C(=O)O)n3c4c(c5ccccc53)CCN(CCC1)[C@H]42. The number of rotatable bonds is 6. The van der Waals surface area contributed by atoms with Crippen LogP contribution in [0.4, 0.5) is 0 Å². The maximum absolute atomic E-state index is 13.5. The molecule has 3 atom stereocenters. The fourth-order valence-corrected chi connectivity index (χ4v) is 6.05. The van der Waals surface area contributed by atoms with Crippen LogP contribution in [0.25, 0.3) is 16.6 Å². The summed E-state index contributed by atoms with van der Waals surface area (Å²) >= 11 is 0. The van der Waals surface area contributed by atoms with Gasteiger partial charge in [-0.2, -0.15) is 0 Å². The molecule has 3 aliphatic heterocycles. The monoisotopic (exact) mass is 437 g/mol. The second-order valence-electron chi connectivity index (χ2n) is 9.09.